The van der Waals surface area contributed by atoms with Crippen LogP contribution in [0.3, 0.4) is 0 Å². The molecule has 0 bridgehead atoms. The van der Waals surface area contributed by atoms with Gasteiger partial charge in [0.1, 0.15) is 0 Å². The van der Waals surface area contributed by atoms with E-state index in [1.54, 1.807) is 18.2 Å². The topological polar surface area (TPSA) is 92.5 Å². The molecule has 1 unspecified atom stereocenters. The molecule has 4 heteroatoms. The molecule has 4 nitrogen and oxygen atoms in total. The lowest BCUT2D eigenvalue weighted by molar-refractivity contribution is 0.0688. The Labute approximate surface area is 95.5 Å². The van der Waals surface area contributed by atoms with Gasteiger partial charge in [-0.15, -0.1) is 0 Å². The zero-order chi connectivity index (χ0) is 11.3. The summed E-state index contributed by atoms with van der Waals surface area (Å²) in [6.07, 6.45) is 1.83. The quantitative estimate of drug-likeness (QED) is 0.718. The molecule has 90 valence electrons. The third kappa shape index (κ3) is 3.64. The number of carboxylic acids is 1. The molecule has 0 aromatic heterocycles. The Morgan fingerprint density at radius 3 is 2.56 bits per heavy atom. The van der Waals surface area contributed by atoms with Crippen molar-refractivity contribution in [2.24, 2.45) is 0 Å². The number of aliphatic hydroxyl groups excluding tert-OH is 1. The molecule has 0 saturated heterocycles. The molecule has 16 heavy (non-hydrogen) atoms. The molecule has 0 aliphatic carbocycles. The van der Waals surface area contributed by atoms with Gasteiger partial charge in [-0.2, -0.15) is 0 Å². The summed E-state index contributed by atoms with van der Waals surface area (Å²) in [5.41, 5.74) is 0.708. The molecule has 0 saturated carbocycles. The Bertz CT molecular complexity index is 339. The Morgan fingerprint density at radius 1 is 1.38 bits per heavy atom. The van der Waals surface area contributed by atoms with Gasteiger partial charge in [-0.3, -0.25) is 0 Å². The van der Waals surface area contributed by atoms with E-state index < -0.39 is 12.1 Å². The standard InChI is InChI=1S/C12H16O3.H3N/c1-2-3-8-11(13)9-6-4-5-7-10(9)12(14)15;/h4-7,11,13H,2-3,8H2,1H3,(H,14,15);1H3. The number of rotatable bonds is 5. The molecule has 1 rings (SSSR count). The van der Waals surface area contributed by atoms with Crippen LogP contribution in [0.5, 0.6) is 0 Å². The second-order valence-electron chi connectivity index (χ2n) is 3.55. The number of carbonyl (C=O) groups is 1. The predicted molar refractivity (Wildman–Crippen MR) is 62.9 cm³/mol. The minimum absolute atomic E-state index is 0. The second-order valence-corrected chi connectivity index (χ2v) is 3.55. The third-order valence-corrected chi connectivity index (χ3v) is 2.38. The first kappa shape index (κ1) is 14.6. The summed E-state index contributed by atoms with van der Waals surface area (Å²) in [5.74, 6) is -0.985. The summed E-state index contributed by atoms with van der Waals surface area (Å²) < 4.78 is 0. The van der Waals surface area contributed by atoms with E-state index >= 15 is 0 Å². The fourth-order valence-corrected chi connectivity index (χ4v) is 1.54. The zero-order valence-corrected chi connectivity index (χ0v) is 9.52. The van der Waals surface area contributed by atoms with Crippen LogP contribution in [-0.2, 0) is 0 Å². The summed E-state index contributed by atoms with van der Waals surface area (Å²) in [6, 6.07) is 6.60. The number of aromatic carboxylic acids is 1. The average Bonchev–Trinajstić information content (AvgIpc) is 2.25. The van der Waals surface area contributed by atoms with Crippen molar-refractivity contribution >= 4 is 5.97 Å². The Hall–Kier alpha value is -1.39. The van der Waals surface area contributed by atoms with Gasteiger partial charge in [0, 0.05) is 0 Å². The Kier molecular flexibility index (Phi) is 6.37. The monoisotopic (exact) mass is 225 g/mol. The van der Waals surface area contributed by atoms with Crippen LogP contribution in [0.15, 0.2) is 24.3 Å². The normalized spacial score (nSPS) is 11.6. The van der Waals surface area contributed by atoms with Gasteiger partial charge in [-0.25, -0.2) is 4.79 Å². The van der Waals surface area contributed by atoms with Crippen LogP contribution in [0.4, 0.5) is 0 Å². The van der Waals surface area contributed by atoms with Gasteiger partial charge in [-0.05, 0) is 18.1 Å². The van der Waals surface area contributed by atoms with E-state index in [-0.39, 0.29) is 11.7 Å². The highest BCUT2D eigenvalue weighted by Gasteiger charge is 2.15. The molecule has 0 amide bonds. The van der Waals surface area contributed by atoms with Crippen molar-refractivity contribution in [1.29, 1.82) is 0 Å². The summed E-state index contributed by atoms with van der Waals surface area (Å²) in [5, 5.41) is 18.7. The fraction of sp³-hybridized carbons (Fsp3) is 0.417. The maximum atomic E-state index is 10.9. The van der Waals surface area contributed by atoms with Crippen molar-refractivity contribution in [2.75, 3.05) is 0 Å². The van der Waals surface area contributed by atoms with Gasteiger partial charge < -0.3 is 16.4 Å². The molecule has 5 N–H and O–H groups in total. The molecule has 1 atom stereocenters. The van der Waals surface area contributed by atoms with Crippen molar-refractivity contribution in [1.82, 2.24) is 6.15 Å². The first-order chi connectivity index (χ1) is 7.16. The van der Waals surface area contributed by atoms with Gasteiger partial charge >= 0.3 is 5.97 Å². The van der Waals surface area contributed by atoms with Crippen LogP contribution in [-0.4, -0.2) is 16.2 Å². The number of aliphatic hydroxyl groups is 1. The minimum Gasteiger partial charge on any atom is -0.478 e. The summed E-state index contributed by atoms with van der Waals surface area (Å²) >= 11 is 0. The maximum Gasteiger partial charge on any atom is 0.336 e. The molecular weight excluding hydrogens is 206 g/mol. The summed E-state index contributed by atoms with van der Waals surface area (Å²) in [4.78, 5) is 10.9. The molecule has 0 heterocycles. The second kappa shape index (κ2) is 6.98. The maximum absolute atomic E-state index is 10.9. The number of unbranched alkanes of at least 4 members (excludes halogenated alkanes) is 1. The van der Waals surface area contributed by atoms with Gasteiger partial charge in [-0.1, -0.05) is 38.0 Å². The van der Waals surface area contributed by atoms with E-state index in [0.29, 0.717) is 12.0 Å². The van der Waals surface area contributed by atoms with Gasteiger partial charge in [0.25, 0.3) is 0 Å². The van der Waals surface area contributed by atoms with E-state index in [1.807, 2.05) is 6.92 Å². The first-order valence-electron chi connectivity index (χ1n) is 5.17. The average molecular weight is 225 g/mol. The molecule has 0 radical (unpaired) electrons. The lowest BCUT2D eigenvalue weighted by atomic mass is 9.99. The lowest BCUT2D eigenvalue weighted by Gasteiger charge is -2.12. The van der Waals surface area contributed by atoms with Crippen LogP contribution in [0, 0.1) is 0 Å². The lowest BCUT2D eigenvalue weighted by Crippen LogP contribution is -2.06. The van der Waals surface area contributed by atoms with Crippen LogP contribution >= 0.6 is 0 Å². The summed E-state index contributed by atoms with van der Waals surface area (Å²) in [6.45, 7) is 2.04. The number of hydrogen-bond acceptors (Lipinski definition) is 3. The molecule has 0 aliphatic rings. The number of carboxylic acid groups (broad SMARTS) is 1. The van der Waals surface area contributed by atoms with Crippen molar-refractivity contribution < 1.29 is 15.0 Å². The minimum atomic E-state index is -0.985. The van der Waals surface area contributed by atoms with Crippen LogP contribution < -0.4 is 6.15 Å². The van der Waals surface area contributed by atoms with Crippen molar-refractivity contribution in [2.45, 2.75) is 32.3 Å². The van der Waals surface area contributed by atoms with Crippen molar-refractivity contribution in [3.8, 4) is 0 Å². The third-order valence-electron chi connectivity index (χ3n) is 2.38. The SMILES string of the molecule is CCCCC(O)c1ccccc1C(=O)O.N. The van der Waals surface area contributed by atoms with Gasteiger partial charge in [0.15, 0.2) is 0 Å². The van der Waals surface area contributed by atoms with E-state index in [2.05, 4.69) is 0 Å². The van der Waals surface area contributed by atoms with Crippen LogP contribution in [0.25, 0.3) is 0 Å². The molecule has 0 aliphatic heterocycles. The van der Waals surface area contributed by atoms with Crippen molar-refractivity contribution in [3.05, 3.63) is 35.4 Å². The molecular formula is C12H19NO3. The molecule has 0 spiro atoms. The molecule has 1 aromatic carbocycles. The van der Waals surface area contributed by atoms with Crippen LogP contribution in [0.2, 0.25) is 0 Å². The zero-order valence-electron chi connectivity index (χ0n) is 9.52. The molecule has 1 aromatic rings. The van der Waals surface area contributed by atoms with E-state index in [1.165, 1.54) is 6.07 Å². The first-order valence-corrected chi connectivity index (χ1v) is 5.17. The highest BCUT2D eigenvalue weighted by Crippen LogP contribution is 2.22. The predicted octanol–water partition coefficient (Wildman–Crippen LogP) is 2.77. The highest BCUT2D eigenvalue weighted by molar-refractivity contribution is 5.89. The van der Waals surface area contributed by atoms with Gasteiger partial charge in [0.05, 0.1) is 11.7 Å². The highest BCUT2D eigenvalue weighted by atomic mass is 16.4. The van der Waals surface area contributed by atoms with E-state index in [4.69, 9.17) is 5.11 Å². The Morgan fingerprint density at radius 2 is 2.00 bits per heavy atom. The van der Waals surface area contributed by atoms with E-state index in [0.717, 1.165) is 12.8 Å². The number of hydrogen-bond donors (Lipinski definition) is 3. The van der Waals surface area contributed by atoms with Crippen molar-refractivity contribution in [3.63, 3.8) is 0 Å². The van der Waals surface area contributed by atoms with E-state index in [9.17, 15) is 9.90 Å². The number of benzene rings is 1. The van der Waals surface area contributed by atoms with Gasteiger partial charge in [0.2, 0.25) is 0 Å². The Balaban J connectivity index is 0.00000225. The fourth-order valence-electron chi connectivity index (χ4n) is 1.54. The van der Waals surface area contributed by atoms with Crippen LogP contribution in [0.1, 0.15) is 48.2 Å². The molecule has 0 fully saturated rings. The smallest absolute Gasteiger partial charge is 0.336 e. The largest absolute Gasteiger partial charge is 0.478 e. The summed E-state index contributed by atoms with van der Waals surface area (Å²) in [7, 11) is 0.